The smallest absolute Gasteiger partial charge is 0.312 e. The number of ether oxygens (including phenoxy) is 3. The summed E-state index contributed by atoms with van der Waals surface area (Å²) in [6, 6.07) is 4.36. The number of esters is 1. The Labute approximate surface area is 222 Å². The molecule has 0 unspecified atom stereocenters. The normalized spacial score (nSPS) is 30.5. The van der Waals surface area contributed by atoms with Crippen LogP contribution in [0.15, 0.2) is 23.1 Å². The van der Waals surface area contributed by atoms with Gasteiger partial charge in [0.25, 0.3) is 5.91 Å². The summed E-state index contributed by atoms with van der Waals surface area (Å²) in [4.78, 5) is 37.8. The van der Waals surface area contributed by atoms with E-state index >= 15 is 0 Å². The molecule has 1 saturated heterocycles. The topological polar surface area (TPSA) is 140 Å². The number of benzene rings is 1. The lowest BCUT2D eigenvalue weighted by molar-refractivity contribution is -0.176. The molecule has 4 bridgehead atoms. The van der Waals surface area contributed by atoms with E-state index in [0.29, 0.717) is 44.3 Å². The van der Waals surface area contributed by atoms with Crippen LogP contribution in [0.2, 0.25) is 0 Å². The SMILES string of the molecule is COc1ccc(NC(=O)COC(=O)C23C[C@@H]4C[C@H](CC(NC(C)=O)(C4)C2)C3)cc1S(=O)(=O)N1CCOCC1. The summed E-state index contributed by atoms with van der Waals surface area (Å²) in [5, 5.41) is 5.75. The Kier molecular flexibility index (Phi) is 7.16. The molecule has 4 aliphatic carbocycles. The van der Waals surface area contributed by atoms with E-state index in [2.05, 4.69) is 10.6 Å². The van der Waals surface area contributed by atoms with E-state index in [0.717, 1.165) is 19.3 Å². The van der Waals surface area contributed by atoms with Gasteiger partial charge in [0.2, 0.25) is 15.9 Å². The second kappa shape index (κ2) is 10.1. The first-order valence-electron chi connectivity index (χ1n) is 13.1. The minimum absolute atomic E-state index is 0.0615. The van der Waals surface area contributed by atoms with Gasteiger partial charge in [-0.05, 0) is 68.6 Å². The van der Waals surface area contributed by atoms with Crippen LogP contribution in [-0.2, 0) is 33.9 Å². The molecular formula is C26H35N3O8S. The second-order valence-corrected chi connectivity index (χ2v) is 13.1. The van der Waals surface area contributed by atoms with E-state index in [-0.39, 0.29) is 40.9 Å². The fraction of sp³-hybridized carbons (Fsp3) is 0.654. The quantitative estimate of drug-likeness (QED) is 0.467. The van der Waals surface area contributed by atoms with Crippen LogP contribution in [0.4, 0.5) is 5.69 Å². The molecule has 0 aromatic heterocycles. The molecule has 0 radical (unpaired) electrons. The summed E-state index contributed by atoms with van der Waals surface area (Å²) in [5.74, 6) is -0.187. The fourth-order valence-corrected chi connectivity index (χ4v) is 8.97. The summed E-state index contributed by atoms with van der Waals surface area (Å²) in [6.45, 7) is 2.08. The molecule has 2 N–H and O–H groups in total. The Morgan fingerprint density at radius 3 is 2.42 bits per heavy atom. The van der Waals surface area contributed by atoms with E-state index in [1.165, 1.54) is 36.5 Å². The van der Waals surface area contributed by atoms with E-state index < -0.39 is 33.9 Å². The van der Waals surface area contributed by atoms with Gasteiger partial charge in [-0.1, -0.05) is 0 Å². The number of carbonyl (C=O) groups excluding carboxylic acids is 3. The standard InChI is InChI=1S/C26H35N3O8S/c1-17(30)28-26-13-18-9-19(14-26)12-25(11-18,16-26)24(32)37-15-23(31)27-20-3-4-21(35-2)22(10-20)38(33,34)29-5-7-36-8-6-29/h3-4,10,18-19H,5-9,11-16H2,1-2H3,(H,27,31)(H,28,30)/t18-,19-,25?,26?/m0/s1. The number of sulfonamides is 1. The van der Waals surface area contributed by atoms with Crippen molar-refractivity contribution in [2.45, 2.75) is 55.9 Å². The molecule has 6 rings (SSSR count). The highest BCUT2D eigenvalue weighted by Crippen LogP contribution is 2.62. The fourth-order valence-electron chi connectivity index (χ4n) is 7.38. The number of morpholine rings is 1. The van der Waals surface area contributed by atoms with Gasteiger partial charge in [0.05, 0.1) is 25.7 Å². The van der Waals surface area contributed by atoms with Crippen LogP contribution in [-0.4, -0.2) is 76.1 Å². The highest BCUT2D eigenvalue weighted by Gasteiger charge is 2.61. The van der Waals surface area contributed by atoms with Crippen LogP contribution in [0.25, 0.3) is 0 Å². The molecule has 38 heavy (non-hydrogen) atoms. The minimum Gasteiger partial charge on any atom is -0.495 e. The highest BCUT2D eigenvalue weighted by molar-refractivity contribution is 7.89. The number of hydrogen-bond donors (Lipinski definition) is 2. The minimum atomic E-state index is -3.87. The predicted molar refractivity (Wildman–Crippen MR) is 136 cm³/mol. The Morgan fingerprint density at radius 1 is 1.11 bits per heavy atom. The third-order valence-electron chi connectivity index (χ3n) is 8.30. The van der Waals surface area contributed by atoms with Gasteiger partial charge >= 0.3 is 5.97 Å². The molecule has 0 spiro atoms. The zero-order chi connectivity index (χ0) is 27.1. The van der Waals surface area contributed by atoms with Crippen LogP contribution in [0.3, 0.4) is 0 Å². The molecule has 1 aliphatic heterocycles. The van der Waals surface area contributed by atoms with E-state index in [9.17, 15) is 22.8 Å². The van der Waals surface area contributed by atoms with Crippen LogP contribution in [0.1, 0.15) is 45.4 Å². The molecular weight excluding hydrogens is 514 g/mol. The van der Waals surface area contributed by atoms with Crippen LogP contribution >= 0.6 is 0 Å². The maximum atomic E-state index is 13.3. The molecule has 208 valence electrons. The number of nitrogens with zero attached hydrogens (tertiary/aromatic N) is 1. The molecule has 5 fully saturated rings. The molecule has 5 aliphatic rings. The molecule has 1 aromatic rings. The molecule has 2 amide bonds. The first-order chi connectivity index (χ1) is 18.0. The van der Waals surface area contributed by atoms with Crippen LogP contribution in [0.5, 0.6) is 5.75 Å². The Morgan fingerprint density at radius 2 is 1.79 bits per heavy atom. The third-order valence-corrected chi connectivity index (χ3v) is 10.2. The van der Waals surface area contributed by atoms with Gasteiger partial charge in [-0.15, -0.1) is 0 Å². The van der Waals surface area contributed by atoms with Gasteiger partial charge in [-0.25, -0.2) is 8.42 Å². The first kappa shape index (κ1) is 26.9. The first-order valence-corrected chi connectivity index (χ1v) is 14.5. The Bertz CT molecular complexity index is 1210. The molecule has 1 heterocycles. The number of hydrogen-bond acceptors (Lipinski definition) is 8. The number of nitrogens with one attached hydrogen (secondary N) is 2. The maximum absolute atomic E-state index is 13.3. The van der Waals surface area contributed by atoms with Gasteiger partial charge in [0, 0.05) is 31.2 Å². The number of methoxy groups -OCH3 is 1. The number of carbonyl (C=O) groups is 3. The van der Waals surface area contributed by atoms with Crippen molar-refractivity contribution in [3.05, 3.63) is 18.2 Å². The van der Waals surface area contributed by atoms with Gasteiger partial charge < -0.3 is 24.8 Å². The monoisotopic (exact) mass is 549 g/mol. The lowest BCUT2D eigenvalue weighted by Crippen LogP contribution is -2.64. The van der Waals surface area contributed by atoms with Gasteiger partial charge in [-0.2, -0.15) is 4.31 Å². The summed E-state index contributed by atoms with van der Waals surface area (Å²) >= 11 is 0. The Balaban J connectivity index is 1.24. The Hall–Kier alpha value is -2.70. The van der Waals surface area contributed by atoms with Crippen molar-refractivity contribution in [2.24, 2.45) is 17.3 Å². The van der Waals surface area contributed by atoms with Crippen molar-refractivity contribution in [1.82, 2.24) is 9.62 Å². The van der Waals surface area contributed by atoms with Gasteiger partial charge in [-0.3, -0.25) is 14.4 Å². The van der Waals surface area contributed by atoms with Crippen molar-refractivity contribution in [2.75, 3.05) is 45.3 Å². The lowest BCUT2D eigenvalue weighted by Gasteiger charge is -2.60. The second-order valence-electron chi connectivity index (χ2n) is 11.2. The van der Waals surface area contributed by atoms with E-state index in [1.807, 2.05) is 0 Å². The maximum Gasteiger partial charge on any atom is 0.312 e. The average Bonchev–Trinajstić information content (AvgIpc) is 2.86. The van der Waals surface area contributed by atoms with Crippen LogP contribution in [0, 0.1) is 17.3 Å². The number of amides is 2. The third kappa shape index (κ3) is 5.13. The summed E-state index contributed by atoms with van der Waals surface area (Å²) in [6.07, 6.45) is 4.79. The highest BCUT2D eigenvalue weighted by atomic mass is 32.2. The van der Waals surface area contributed by atoms with Gasteiger partial charge in [0.1, 0.15) is 10.6 Å². The average molecular weight is 550 g/mol. The van der Waals surface area contributed by atoms with Crippen molar-refractivity contribution in [3.8, 4) is 5.75 Å². The predicted octanol–water partition coefficient (Wildman–Crippen LogP) is 1.67. The van der Waals surface area contributed by atoms with Crippen molar-refractivity contribution < 1.29 is 37.0 Å². The van der Waals surface area contributed by atoms with Crippen LogP contribution < -0.4 is 15.4 Å². The molecule has 11 nitrogen and oxygen atoms in total. The van der Waals surface area contributed by atoms with Crippen molar-refractivity contribution in [3.63, 3.8) is 0 Å². The zero-order valence-electron chi connectivity index (χ0n) is 21.8. The van der Waals surface area contributed by atoms with E-state index in [4.69, 9.17) is 14.2 Å². The largest absolute Gasteiger partial charge is 0.495 e. The molecule has 4 saturated carbocycles. The summed E-state index contributed by atoms with van der Waals surface area (Å²) < 4.78 is 43.8. The van der Waals surface area contributed by atoms with Crippen molar-refractivity contribution in [1.29, 1.82) is 0 Å². The lowest BCUT2D eigenvalue weighted by atomic mass is 9.47. The molecule has 1 aromatic carbocycles. The molecule has 2 atom stereocenters. The zero-order valence-corrected chi connectivity index (χ0v) is 22.6. The number of rotatable bonds is 8. The summed E-state index contributed by atoms with van der Waals surface area (Å²) in [5.41, 5.74) is -0.812. The van der Waals surface area contributed by atoms with Gasteiger partial charge in [0.15, 0.2) is 6.61 Å². The van der Waals surface area contributed by atoms with Crippen molar-refractivity contribution >= 4 is 33.5 Å². The van der Waals surface area contributed by atoms with E-state index in [1.54, 1.807) is 0 Å². The summed E-state index contributed by atoms with van der Waals surface area (Å²) in [7, 11) is -2.49. The molecule has 12 heteroatoms. The number of anilines is 1.